The molecule has 0 unspecified atom stereocenters. The fourth-order valence-electron chi connectivity index (χ4n) is 2.16. The van der Waals surface area contributed by atoms with E-state index >= 15 is 0 Å². The fourth-order valence-corrected chi connectivity index (χ4v) is 2.16. The number of nitrogens with one attached hydrogen (secondary N) is 1. The topological polar surface area (TPSA) is 38.3 Å². The molecule has 0 aromatic heterocycles. The van der Waals surface area contributed by atoms with E-state index in [0.717, 1.165) is 11.4 Å². The highest BCUT2D eigenvalue weighted by molar-refractivity contribution is 6.04. The first-order valence-corrected chi connectivity index (χ1v) is 7.90. The van der Waals surface area contributed by atoms with Crippen LogP contribution in [0, 0.1) is 0 Å². The number of allylic oxidation sites excluding steroid dienone is 1. The number of benzene rings is 2. The van der Waals surface area contributed by atoms with Gasteiger partial charge in [0.2, 0.25) is 0 Å². The standard InChI is InChI=1S/C20H23NO2/c1-4-23-19-11-7-17(8-12-19)20(22)13-14-21-18-9-5-16(6-10-18)15(2)3/h5-15,21H,4H2,1-3H3/b14-13+. The van der Waals surface area contributed by atoms with Gasteiger partial charge in [-0.05, 0) is 54.8 Å². The van der Waals surface area contributed by atoms with Gasteiger partial charge in [-0.3, -0.25) is 4.79 Å². The molecule has 0 bridgehead atoms. The lowest BCUT2D eigenvalue weighted by molar-refractivity contribution is 0.104. The van der Waals surface area contributed by atoms with E-state index < -0.39 is 0 Å². The number of carbonyl (C=O) groups excluding carboxylic acids is 1. The minimum absolute atomic E-state index is 0.0423. The lowest BCUT2D eigenvalue weighted by Crippen LogP contribution is -1.97. The zero-order chi connectivity index (χ0) is 16.7. The molecule has 0 heterocycles. The van der Waals surface area contributed by atoms with Crippen LogP contribution < -0.4 is 10.1 Å². The average molecular weight is 309 g/mol. The van der Waals surface area contributed by atoms with Crippen LogP contribution in [-0.4, -0.2) is 12.4 Å². The number of carbonyl (C=O) groups is 1. The molecule has 1 N–H and O–H groups in total. The van der Waals surface area contributed by atoms with Crippen LogP contribution in [0.25, 0.3) is 0 Å². The monoisotopic (exact) mass is 309 g/mol. The molecule has 0 aliphatic heterocycles. The summed E-state index contributed by atoms with van der Waals surface area (Å²) in [6, 6.07) is 15.4. The van der Waals surface area contributed by atoms with E-state index in [9.17, 15) is 4.79 Å². The minimum atomic E-state index is -0.0423. The number of ether oxygens (including phenoxy) is 1. The smallest absolute Gasteiger partial charge is 0.187 e. The van der Waals surface area contributed by atoms with E-state index in [1.54, 1.807) is 18.3 Å². The second kappa shape index (κ2) is 8.18. The molecule has 0 fully saturated rings. The van der Waals surface area contributed by atoms with E-state index in [4.69, 9.17) is 4.74 Å². The Bertz CT molecular complexity index is 655. The number of ketones is 1. The maximum atomic E-state index is 12.1. The maximum absolute atomic E-state index is 12.1. The van der Waals surface area contributed by atoms with Gasteiger partial charge in [-0.25, -0.2) is 0 Å². The highest BCUT2D eigenvalue weighted by atomic mass is 16.5. The third-order valence-corrected chi connectivity index (χ3v) is 3.51. The Labute approximate surface area is 138 Å². The Balaban J connectivity index is 1.92. The predicted molar refractivity (Wildman–Crippen MR) is 95.2 cm³/mol. The third-order valence-electron chi connectivity index (χ3n) is 3.51. The van der Waals surface area contributed by atoms with E-state index in [2.05, 4.69) is 31.3 Å². The van der Waals surface area contributed by atoms with E-state index in [1.165, 1.54) is 11.6 Å². The summed E-state index contributed by atoms with van der Waals surface area (Å²) in [5, 5.41) is 3.12. The zero-order valence-corrected chi connectivity index (χ0v) is 13.9. The average Bonchev–Trinajstić information content (AvgIpc) is 2.56. The number of hydrogen-bond acceptors (Lipinski definition) is 3. The molecule has 3 heteroatoms. The van der Waals surface area contributed by atoms with E-state index in [-0.39, 0.29) is 5.78 Å². The molecule has 0 saturated heterocycles. The van der Waals surface area contributed by atoms with Crippen LogP contribution in [0.3, 0.4) is 0 Å². The van der Waals surface area contributed by atoms with Crippen molar-refractivity contribution in [3.63, 3.8) is 0 Å². The van der Waals surface area contributed by atoms with Crippen LogP contribution in [0.15, 0.2) is 60.8 Å². The van der Waals surface area contributed by atoms with Crippen molar-refractivity contribution in [3.05, 3.63) is 71.9 Å². The second-order valence-corrected chi connectivity index (χ2v) is 5.58. The van der Waals surface area contributed by atoms with Crippen LogP contribution in [0.5, 0.6) is 5.75 Å². The lowest BCUT2D eigenvalue weighted by atomic mass is 10.0. The third kappa shape index (κ3) is 4.99. The van der Waals surface area contributed by atoms with Gasteiger partial charge >= 0.3 is 0 Å². The Hall–Kier alpha value is -2.55. The van der Waals surface area contributed by atoms with Crippen LogP contribution in [0.4, 0.5) is 5.69 Å². The van der Waals surface area contributed by atoms with Gasteiger partial charge in [0, 0.05) is 23.5 Å². The summed E-state index contributed by atoms with van der Waals surface area (Å²) in [5.74, 6) is 1.25. The molecular formula is C20H23NO2. The quantitative estimate of drug-likeness (QED) is 0.576. The normalized spacial score (nSPS) is 11.0. The molecule has 23 heavy (non-hydrogen) atoms. The molecule has 2 rings (SSSR count). The fraction of sp³-hybridized carbons (Fsp3) is 0.250. The SMILES string of the molecule is CCOc1ccc(C(=O)/C=C/Nc2ccc(C(C)C)cc2)cc1. The first kappa shape index (κ1) is 16.8. The van der Waals surface area contributed by atoms with Crippen molar-refractivity contribution < 1.29 is 9.53 Å². The number of rotatable bonds is 7. The van der Waals surface area contributed by atoms with Gasteiger partial charge in [-0.2, -0.15) is 0 Å². The molecule has 0 aliphatic rings. The molecule has 2 aromatic rings. The van der Waals surface area contributed by atoms with Crippen molar-refractivity contribution in [2.75, 3.05) is 11.9 Å². The van der Waals surface area contributed by atoms with E-state index in [1.807, 2.05) is 31.2 Å². The highest BCUT2D eigenvalue weighted by Gasteiger charge is 2.02. The molecule has 0 radical (unpaired) electrons. The molecular weight excluding hydrogens is 286 g/mol. The summed E-state index contributed by atoms with van der Waals surface area (Å²) >= 11 is 0. The lowest BCUT2D eigenvalue weighted by Gasteiger charge is -2.06. The minimum Gasteiger partial charge on any atom is -0.494 e. The molecule has 0 atom stereocenters. The van der Waals surface area contributed by atoms with Crippen molar-refractivity contribution in [2.45, 2.75) is 26.7 Å². The van der Waals surface area contributed by atoms with E-state index in [0.29, 0.717) is 18.1 Å². The van der Waals surface area contributed by atoms with Gasteiger partial charge in [0.1, 0.15) is 5.75 Å². The summed E-state index contributed by atoms with van der Waals surface area (Å²) in [5.41, 5.74) is 2.90. The second-order valence-electron chi connectivity index (χ2n) is 5.58. The van der Waals surface area contributed by atoms with Crippen molar-refractivity contribution in [1.29, 1.82) is 0 Å². The van der Waals surface area contributed by atoms with Crippen molar-refractivity contribution in [3.8, 4) is 5.75 Å². The van der Waals surface area contributed by atoms with Crippen LogP contribution in [-0.2, 0) is 0 Å². The van der Waals surface area contributed by atoms with Gasteiger partial charge in [0.05, 0.1) is 6.61 Å². The Morgan fingerprint density at radius 2 is 1.74 bits per heavy atom. The first-order valence-electron chi connectivity index (χ1n) is 7.90. The van der Waals surface area contributed by atoms with Gasteiger partial charge in [-0.1, -0.05) is 26.0 Å². The van der Waals surface area contributed by atoms with Gasteiger partial charge in [0.25, 0.3) is 0 Å². The Morgan fingerprint density at radius 3 is 2.30 bits per heavy atom. The maximum Gasteiger partial charge on any atom is 0.187 e. The van der Waals surface area contributed by atoms with Gasteiger partial charge < -0.3 is 10.1 Å². The van der Waals surface area contributed by atoms with Crippen LogP contribution in [0.2, 0.25) is 0 Å². The van der Waals surface area contributed by atoms with Gasteiger partial charge in [-0.15, -0.1) is 0 Å². The summed E-state index contributed by atoms with van der Waals surface area (Å²) in [7, 11) is 0. The van der Waals surface area contributed by atoms with Crippen LogP contribution in [0.1, 0.15) is 42.6 Å². The predicted octanol–water partition coefficient (Wildman–Crippen LogP) is 5.02. The largest absolute Gasteiger partial charge is 0.494 e. The molecule has 120 valence electrons. The van der Waals surface area contributed by atoms with Crippen molar-refractivity contribution in [2.24, 2.45) is 0 Å². The molecule has 0 spiro atoms. The van der Waals surface area contributed by atoms with Crippen molar-refractivity contribution >= 4 is 11.5 Å². The molecule has 0 amide bonds. The summed E-state index contributed by atoms with van der Waals surface area (Å²) in [4.78, 5) is 12.1. The molecule has 2 aromatic carbocycles. The summed E-state index contributed by atoms with van der Waals surface area (Å²) < 4.78 is 5.36. The van der Waals surface area contributed by atoms with Crippen molar-refractivity contribution in [1.82, 2.24) is 0 Å². The number of anilines is 1. The summed E-state index contributed by atoms with van der Waals surface area (Å²) in [6.45, 7) is 6.88. The number of hydrogen-bond donors (Lipinski definition) is 1. The Morgan fingerprint density at radius 1 is 1.09 bits per heavy atom. The zero-order valence-electron chi connectivity index (χ0n) is 13.9. The van der Waals surface area contributed by atoms with Gasteiger partial charge in [0.15, 0.2) is 5.78 Å². The molecule has 3 nitrogen and oxygen atoms in total. The first-order chi connectivity index (χ1) is 11.1. The summed E-state index contributed by atoms with van der Waals surface area (Å²) in [6.07, 6.45) is 3.20. The molecule has 0 saturated carbocycles. The Kier molecular flexibility index (Phi) is 5.98. The van der Waals surface area contributed by atoms with Crippen LogP contribution >= 0.6 is 0 Å². The molecule has 0 aliphatic carbocycles. The highest BCUT2D eigenvalue weighted by Crippen LogP contribution is 2.17.